The third-order valence-electron chi connectivity index (χ3n) is 4.69. The van der Waals surface area contributed by atoms with Gasteiger partial charge in [0.15, 0.2) is 5.96 Å². The van der Waals surface area contributed by atoms with Gasteiger partial charge in [-0.3, -0.25) is 4.99 Å². The summed E-state index contributed by atoms with van der Waals surface area (Å²) in [6.07, 6.45) is 4.71. The Hall–Kier alpha value is -1.58. The van der Waals surface area contributed by atoms with Gasteiger partial charge in [-0.25, -0.2) is 4.39 Å². The molecule has 2 unspecified atom stereocenters. The summed E-state index contributed by atoms with van der Waals surface area (Å²) in [5.74, 6) is 0.972. The maximum Gasteiger partial charge on any atom is 0.196 e. The van der Waals surface area contributed by atoms with E-state index in [0.717, 1.165) is 25.1 Å². The summed E-state index contributed by atoms with van der Waals surface area (Å²) < 4.78 is 13.1. The first-order valence-electron chi connectivity index (χ1n) is 7.03. The Morgan fingerprint density at radius 3 is 2.84 bits per heavy atom. The smallest absolute Gasteiger partial charge is 0.196 e. The highest BCUT2D eigenvalue weighted by atomic mass is 19.1. The van der Waals surface area contributed by atoms with Crippen LogP contribution in [-0.2, 0) is 0 Å². The van der Waals surface area contributed by atoms with Crippen LogP contribution in [-0.4, -0.2) is 18.0 Å². The van der Waals surface area contributed by atoms with Crippen LogP contribution in [0.15, 0.2) is 29.3 Å². The monoisotopic (exact) mass is 261 g/mol. The summed E-state index contributed by atoms with van der Waals surface area (Å²) in [6, 6.07) is 6.58. The lowest BCUT2D eigenvalue weighted by Crippen LogP contribution is -2.54. The van der Waals surface area contributed by atoms with E-state index in [4.69, 9.17) is 5.73 Å². The number of benzene rings is 1. The van der Waals surface area contributed by atoms with Crippen LogP contribution in [0, 0.1) is 11.7 Å². The first-order chi connectivity index (χ1) is 9.17. The molecule has 1 aromatic carbocycles. The molecule has 1 aromatic rings. The Morgan fingerprint density at radius 2 is 2.16 bits per heavy atom. The van der Waals surface area contributed by atoms with Crippen molar-refractivity contribution in [3.63, 3.8) is 0 Å². The van der Waals surface area contributed by atoms with Gasteiger partial charge in [-0.05, 0) is 43.0 Å². The fourth-order valence-corrected chi connectivity index (χ4v) is 3.78. The summed E-state index contributed by atoms with van der Waals surface area (Å²) in [5, 5.41) is 0. The van der Waals surface area contributed by atoms with Gasteiger partial charge in [0.25, 0.3) is 0 Å². The van der Waals surface area contributed by atoms with Crippen LogP contribution >= 0.6 is 0 Å². The lowest BCUT2D eigenvalue weighted by Gasteiger charge is -2.40. The van der Waals surface area contributed by atoms with Crippen molar-refractivity contribution in [1.82, 2.24) is 0 Å². The Balaban J connectivity index is 2.01. The molecule has 19 heavy (non-hydrogen) atoms. The normalized spacial score (nSPS) is 30.1. The fourth-order valence-electron chi connectivity index (χ4n) is 3.78. The fraction of sp³-hybridized carbons (Fsp3) is 0.533. The van der Waals surface area contributed by atoms with Crippen molar-refractivity contribution < 1.29 is 4.39 Å². The molecule has 1 aliphatic heterocycles. The molecule has 1 saturated carbocycles. The maximum atomic E-state index is 13.1. The second kappa shape index (κ2) is 4.51. The molecule has 0 aromatic heterocycles. The van der Waals surface area contributed by atoms with E-state index in [-0.39, 0.29) is 11.4 Å². The molecule has 1 heterocycles. The first kappa shape index (κ1) is 12.5. The first-order valence-corrected chi connectivity index (χ1v) is 7.03. The second-order valence-electron chi connectivity index (χ2n) is 5.59. The van der Waals surface area contributed by atoms with E-state index >= 15 is 0 Å². The highest BCUT2D eigenvalue weighted by Gasteiger charge is 2.50. The predicted octanol–water partition coefficient (Wildman–Crippen LogP) is 2.91. The summed E-state index contributed by atoms with van der Waals surface area (Å²) >= 11 is 0. The van der Waals surface area contributed by atoms with Crippen molar-refractivity contribution in [2.24, 2.45) is 16.6 Å². The topological polar surface area (TPSA) is 41.6 Å². The maximum absolute atomic E-state index is 13.1. The molecule has 2 N–H and O–H groups in total. The van der Waals surface area contributed by atoms with E-state index in [2.05, 4.69) is 16.8 Å². The molecule has 1 aliphatic carbocycles. The molecule has 2 aliphatic rings. The lowest BCUT2D eigenvalue weighted by atomic mass is 9.84. The molecule has 0 bridgehead atoms. The quantitative estimate of drug-likeness (QED) is 0.889. The molecule has 3 rings (SSSR count). The largest absolute Gasteiger partial charge is 0.369 e. The van der Waals surface area contributed by atoms with Crippen molar-refractivity contribution in [1.29, 1.82) is 0 Å². The van der Waals surface area contributed by atoms with Crippen molar-refractivity contribution in [2.75, 3.05) is 11.4 Å². The molecule has 4 heteroatoms. The predicted molar refractivity (Wildman–Crippen MR) is 75.7 cm³/mol. The minimum absolute atomic E-state index is 0.0245. The third kappa shape index (κ3) is 1.81. The minimum atomic E-state index is -0.217. The zero-order valence-corrected chi connectivity index (χ0v) is 11.3. The van der Waals surface area contributed by atoms with Gasteiger partial charge in [0.05, 0.1) is 12.1 Å². The SMILES string of the molecule is CCC1CCCC12CN=C(N)N2c1ccc(F)cc1. The van der Waals surface area contributed by atoms with Crippen LogP contribution < -0.4 is 10.6 Å². The number of anilines is 1. The summed E-state index contributed by atoms with van der Waals surface area (Å²) in [7, 11) is 0. The molecule has 0 saturated heterocycles. The van der Waals surface area contributed by atoms with E-state index in [0.29, 0.717) is 11.9 Å². The van der Waals surface area contributed by atoms with Gasteiger partial charge in [-0.2, -0.15) is 0 Å². The molecular formula is C15H20FN3. The Morgan fingerprint density at radius 1 is 1.42 bits per heavy atom. The van der Waals surface area contributed by atoms with Crippen LogP contribution in [0.4, 0.5) is 10.1 Å². The number of hydrogen-bond donors (Lipinski definition) is 1. The Kier molecular flexibility index (Phi) is 2.96. The van der Waals surface area contributed by atoms with Crippen LogP contribution in [0.25, 0.3) is 0 Å². The number of rotatable bonds is 2. The molecule has 1 spiro atoms. The van der Waals surface area contributed by atoms with Gasteiger partial charge in [0, 0.05) is 5.69 Å². The van der Waals surface area contributed by atoms with Gasteiger partial charge in [-0.1, -0.05) is 19.8 Å². The summed E-state index contributed by atoms with van der Waals surface area (Å²) in [4.78, 5) is 6.62. The standard InChI is InChI=1S/C15H20FN3/c1-2-11-4-3-9-15(11)10-18-14(17)19(15)13-7-5-12(16)6-8-13/h5-8,11H,2-4,9-10H2,1H3,(H2,17,18). The molecule has 0 radical (unpaired) electrons. The minimum Gasteiger partial charge on any atom is -0.369 e. The van der Waals surface area contributed by atoms with Crippen molar-refractivity contribution in [3.05, 3.63) is 30.1 Å². The molecule has 102 valence electrons. The summed E-state index contributed by atoms with van der Waals surface area (Å²) in [6.45, 7) is 3.00. The highest BCUT2D eigenvalue weighted by Crippen LogP contribution is 2.46. The molecule has 2 atom stereocenters. The van der Waals surface area contributed by atoms with Crippen LogP contribution in [0.2, 0.25) is 0 Å². The van der Waals surface area contributed by atoms with Gasteiger partial charge in [-0.15, -0.1) is 0 Å². The van der Waals surface area contributed by atoms with Crippen molar-refractivity contribution in [3.8, 4) is 0 Å². The van der Waals surface area contributed by atoms with Gasteiger partial charge >= 0.3 is 0 Å². The number of nitrogens with zero attached hydrogens (tertiary/aromatic N) is 2. The van der Waals surface area contributed by atoms with Crippen LogP contribution in [0.3, 0.4) is 0 Å². The zero-order valence-electron chi connectivity index (χ0n) is 11.3. The zero-order chi connectivity index (χ0) is 13.5. The number of nitrogens with two attached hydrogens (primary N) is 1. The molecule has 1 fully saturated rings. The van der Waals surface area contributed by atoms with Gasteiger partial charge in [0.1, 0.15) is 5.82 Å². The van der Waals surface area contributed by atoms with Gasteiger partial charge < -0.3 is 10.6 Å². The van der Waals surface area contributed by atoms with E-state index in [1.807, 2.05) is 0 Å². The number of aliphatic imine (C=N–C) groups is 1. The van der Waals surface area contributed by atoms with E-state index in [1.54, 1.807) is 12.1 Å². The Labute approximate surface area is 113 Å². The van der Waals surface area contributed by atoms with E-state index < -0.39 is 0 Å². The van der Waals surface area contributed by atoms with Crippen molar-refractivity contribution in [2.45, 2.75) is 38.1 Å². The van der Waals surface area contributed by atoms with E-state index in [9.17, 15) is 4.39 Å². The number of hydrogen-bond acceptors (Lipinski definition) is 3. The van der Waals surface area contributed by atoms with Crippen LogP contribution in [0.1, 0.15) is 32.6 Å². The van der Waals surface area contributed by atoms with E-state index in [1.165, 1.54) is 25.0 Å². The number of halogens is 1. The average Bonchev–Trinajstić information content (AvgIpc) is 2.96. The average molecular weight is 261 g/mol. The Bertz CT molecular complexity index is 497. The number of guanidine groups is 1. The summed E-state index contributed by atoms with van der Waals surface area (Å²) in [5.41, 5.74) is 7.09. The second-order valence-corrected chi connectivity index (χ2v) is 5.59. The molecular weight excluding hydrogens is 241 g/mol. The van der Waals surface area contributed by atoms with Crippen LogP contribution in [0.5, 0.6) is 0 Å². The molecule has 0 amide bonds. The lowest BCUT2D eigenvalue weighted by molar-refractivity contribution is 0.331. The van der Waals surface area contributed by atoms with Crippen molar-refractivity contribution >= 4 is 11.6 Å². The van der Waals surface area contributed by atoms with Gasteiger partial charge in [0.2, 0.25) is 0 Å². The highest BCUT2D eigenvalue weighted by molar-refractivity contribution is 5.98. The molecule has 3 nitrogen and oxygen atoms in total. The third-order valence-corrected chi connectivity index (χ3v) is 4.69.